The molecule has 0 fully saturated rings. The standard InChI is InChI=1S/C11H11ClN2/c1-14(2)10-5-3-4-8-6-11(12)13-7-9(8)10/h3-7H,1-2H3. The molecule has 0 aliphatic heterocycles. The van der Waals surface area contributed by atoms with Crippen LogP contribution < -0.4 is 4.90 Å². The van der Waals surface area contributed by atoms with Crippen molar-refractivity contribution in [3.05, 3.63) is 35.6 Å². The zero-order chi connectivity index (χ0) is 10.1. The molecule has 0 saturated carbocycles. The van der Waals surface area contributed by atoms with Crippen molar-refractivity contribution in [3.8, 4) is 0 Å². The molecule has 0 unspecified atom stereocenters. The van der Waals surface area contributed by atoms with Crippen molar-refractivity contribution in [3.63, 3.8) is 0 Å². The van der Waals surface area contributed by atoms with Crippen molar-refractivity contribution in [2.75, 3.05) is 19.0 Å². The first-order valence-corrected chi connectivity index (χ1v) is 4.78. The van der Waals surface area contributed by atoms with Gasteiger partial charge in [-0.15, -0.1) is 0 Å². The topological polar surface area (TPSA) is 16.1 Å². The van der Waals surface area contributed by atoms with Gasteiger partial charge >= 0.3 is 0 Å². The minimum atomic E-state index is 0.536. The minimum Gasteiger partial charge on any atom is -0.377 e. The molecule has 1 aromatic carbocycles. The third kappa shape index (κ3) is 1.53. The maximum atomic E-state index is 5.83. The molecule has 2 rings (SSSR count). The fourth-order valence-electron chi connectivity index (χ4n) is 1.52. The summed E-state index contributed by atoms with van der Waals surface area (Å²) >= 11 is 5.83. The van der Waals surface area contributed by atoms with Gasteiger partial charge < -0.3 is 4.90 Å². The van der Waals surface area contributed by atoms with E-state index in [4.69, 9.17) is 11.6 Å². The van der Waals surface area contributed by atoms with Gasteiger partial charge in [0.2, 0.25) is 0 Å². The monoisotopic (exact) mass is 206 g/mol. The number of hydrogen-bond acceptors (Lipinski definition) is 2. The second-order valence-corrected chi connectivity index (χ2v) is 3.79. The lowest BCUT2D eigenvalue weighted by Gasteiger charge is -2.14. The van der Waals surface area contributed by atoms with Crippen molar-refractivity contribution < 1.29 is 0 Å². The van der Waals surface area contributed by atoms with Crippen molar-refractivity contribution >= 4 is 28.1 Å². The summed E-state index contributed by atoms with van der Waals surface area (Å²) in [6, 6.07) is 8.01. The number of rotatable bonds is 1. The Balaban J connectivity index is 2.75. The van der Waals surface area contributed by atoms with Gasteiger partial charge in [-0.3, -0.25) is 0 Å². The molecule has 1 aromatic heterocycles. The van der Waals surface area contributed by atoms with Crippen LogP contribution in [0.3, 0.4) is 0 Å². The third-order valence-corrected chi connectivity index (χ3v) is 2.40. The van der Waals surface area contributed by atoms with E-state index in [0.717, 1.165) is 16.5 Å². The number of hydrogen-bond donors (Lipinski definition) is 0. The Hall–Kier alpha value is -1.28. The first kappa shape index (κ1) is 9.28. The lowest BCUT2D eigenvalue weighted by atomic mass is 10.1. The number of anilines is 1. The summed E-state index contributed by atoms with van der Waals surface area (Å²) < 4.78 is 0. The smallest absolute Gasteiger partial charge is 0.129 e. The molecule has 0 aliphatic rings. The average Bonchev–Trinajstić information content (AvgIpc) is 2.16. The van der Waals surface area contributed by atoms with Gasteiger partial charge in [0.25, 0.3) is 0 Å². The van der Waals surface area contributed by atoms with Crippen LogP contribution in [-0.4, -0.2) is 19.1 Å². The number of aromatic nitrogens is 1. The van der Waals surface area contributed by atoms with Crippen molar-refractivity contribution in [2.45, 2.75) is 0 Å². The van der Waals surface area contributed by atoms with E-state index in [1.54, 1.807) is 0 Å². The Morgan fingerprint density at radius 3 is 2.79 bits per heavy atom. The maximum absolute atomic E-state index is 5.83. The van der Waals surface area contributed by atoms with Gasteiger partial charge in [-0.05, 0) is 17.5 Å². The molecule has 1 heterocycles. The summed E-state index contributed by atoms with van der Waals surface area (Å²) in [6.07, 6.45) is 1.81. The van der Waals surface area contributed by atoms with E-state index in [1.165, 1.54) is 0 Å². The van der Waals surface area contributed by atoms with Gasteiger partial charge in [0.15, 0.2) is 0 Å². The molecule has 0 spiro atoms. The zero-order valence-corrected chi connectivity index (χ0v) is 8.92. The quantitative estimate of drug-likeness (QED) is 0.667. The van der Waals surface area contributed by atoms with Gasteiger partial charge in [0.1, 0.15) is 5.15 Å². The lowest BCUT2D eigenvalue weighted by molar-refractivity contribution is 1.14. The first-order chi connectivity index (χ1) is 6.68. The van der Waals surface area contributed by atoms with Gasteiger partial charge in [-0.25, -0.2) is 4.98 Å². The lowest BCUT2D eigenvalue weighted by Crippen LogP contribution is -2.08. The van der Waals surface area contributed by atoms with E-state index < -0.39 is 0 Å². The van der Waals surface area contributed by atoms with Crippen LogP contribution in [0, 0.1) is 0 Å². The van der Waals surface area contributed by atoms with E-state index in [0.29, 0.717) is 5.15 Å². The highest BCUT2D eigenvalue weighted by molar-refractivity contribution is 6.30. The molecule has 0 N–H and O–H groups in total. The highest BCUT2D eigenvalue weighted by Gasteiger charge is 2.02. The molecule has 72 valence electrons. The maximum Gasteiger partial charge on any atom is 0.129 e. The molecule has 14 heavy (non-hydrogen) atoms. The second kappa shape index (κ2) is 3.46. The van der Waals surface area contributed by atoms with Crippen LogP contribution in [0.4, 0.5) is 5.69 Å². The molecule has 0 radical (unpaired) electrons. The van der Waals surface area contributed by atoms with Crippen LogP contribution in [0.2, 0.25) is 5.15 Å². The number of nitrogens with zero attached hydrogens (tertiary/aromatic N) is 2. The minimum absolute atomic E-state index is 0.536. The van der Waals surface area contributed by atoms with E-state index >= 15 is 0 Å². The van der Waals surface area contributed by atoms with Crippen LogP contribution >= 0.6 is 11.6 Å². The molecular formula is C11H11ClN2. The summed E-state index contributed by atoms with van der Waals surface area (Å²) in [5, 5.41) is 2.78. The van der Waals surface area contributed by atoms with Crippen LogP contribution in [-0.2, 0) is 0 Å². The number of fused-ring (bicyclic) bond motifs is 1. The van der Waals surface area contributed by atoms with Crippen LogP contribution in [0.15, 0.2) is 30.5 Å². The second-order valence-electron chi connectivity index (χ2n) is 3.40. The van der Waals surface area contributed by atoms with Crippen LogP contribution in [0.25, 0.3) is 10.8 Å². The Morgan fingerprint density at radius 1 is 1.29 bits per heavy atom. The van der Waals surface area contributed by atoms with Crippen LogP contribution in [0.1, 0.15) is 0 Å². The van der Waals surface area contributed by atoms with Gasteiger partial charge in [0.05, 0.1) is 0 Å². The third-order valence-electron chi connectivity index (χ3n) is 2.19. The van der Waals surface area contributed by atoms with E-state index in [-0.39, 0.29) is 0 Å². The van der Waals surface area contributed by atoms with E-state index in [1.807, 2.05) is 38.5 Å². The Bertz CT molecular complexity index is 466. The Kier molecular flexibility index (Phi) is 2.30. The van der Waals surface area contributed by atoms with Crippen LogP contribution in [0.5, 0.6) is 0 Å². The largest absolute Gasteiger partial charge is 0.377 e. The van der Waals surface area contributed by atoms with Crippen molar-refractivity contribution in [1.29, 1.82) is 0 Å². The first-order valence-electron chi connectivity index (χ1n) is 4.40. The predicted octanol–water partition coefficient (Wildman–Crippen LogP) is 2.95. The molecule has 0 amide bonds. The predicted molar refractivity (Wildman–Crippen MR) is 61.1 cm³/mol. The van der Waals surface area contributed by atoms with E-state index in [2.05, 4.69) is 16.0 Å². The molecule has 2 nitrogen and oxygen atoms in total. The molecule has 2 aromatic rings. The summed E-state index contributed by atoms with van der Waals surface area (Å²) in [6.45, 7) is 0. The van der Waals surface area contributed by atoms with E-state index in [9.17, 15) is 0 Å². The summed E-state index contributed by atoms with van der Waals surface area (Å²) in [4.78, 5) is 6.16. The fourth-order valence-corrected chi connectivity index (χ4v) is 1.69. The van der Waals surface area contributed by atoms with Crippen molar-refractivity contribution in [2.24, 2.45) is 0 Å². The number of pyridine rings is 1. The molecule has 0 aliphatic carbocycles. The molecular weight excluding hydrogens is 196 g/mol. The SMILES string of the molecule is CN(C)c1cccc2cc(Cl)ncc12. The van der Waals surface area contributed by atoms with Gasteiger partial charge in [0, 0.05) is 31.4 Å². The highest BCUT2D eigenvalue weighted by Crippen LogP contribution is 2.25. The normalized spacial score (nSPS) is 10.5. The number of halogens is 1. The molecule has 0 saturated heterocycles. The number of benzene rings is 1. The summed E-state index contributed by atoms with van der Waals surface area (Å²) in [5.74, 6) is 0. The summed E-state index contributed by atoms with van der Waals surface area (Å²) in [7, 11) is 4.03. The highest BCUT2D eigenvalue weighted by atomic mass is 35.5. The Morgan fingerprint density at radius 2 is 2.07 bits per heavy atom. The summed E-state index contributed by atoms with van der Waals surface area (Å²) in [5.41, 5.74) is 1.16. The molecule has 3 heteroatoms. The Labute approximate surface area is 88.1 Å². The fraction of sp³-hybridized carbons (Fsp3) is 0.182. The zero-order valence-electron chi connectivity index (χ0n) is 8.16. The molecule has 0 bridgehead atoms. The van der Waals surface area contributed by atoms with Gasteiger partial charge in [-0.1, -0.05) is 23.7 Å². The van der Waals surface area contributed by atoms with Crippen molar-refractivity contribution in [1.82, 2.24) is 4.98 Å². The van der Waals surface area contributed by atoms with Gasteiger partial charge in [-0.2, -0.15) is 0 Å². The molecule has 0 atom stereocenters. The average molecular weight is 207 g/mol.